The molecule has 2 aromatic carbocycles. The van der Waals surface area contributed by atoms with Crippen molar-refractivity contribution < 1.29 is 9.21 Å². The van der Waals surface area contributed by atoms with Crippen LogP contribution in [-0.4, -0.2) is 10.5 Å². The number of oxazole rings is 1. The molecule has 0 saturated heterocycles. The Morgan fingerprint density at radius 1 is 1.21 bits per heavy atom. The Kier molecular flexibility index (Phi) is 4.33. The number of benzene rings is 2. The second kappa shape index (κ2) is 6.58. The molecule has 0 radical (unpaired) electrons. The zero-order chi connectivity index (χ0) is 17.1. The van der Waals surface area contributed by atoms with Crippen LogP contribution in [0.25, 0.3) is 17.2 Å². The molecule has 122 valence electrons. The summed E-state index contributed by atoms with van der Waals surface area (Å²) in [4.78, 5) is 24.0. The van der Waals surface area contributed by atoms with E-state index < -0.39 is 5.76 Å². The van der Waals surface area contributed by atoms with Crippen LogP contribution in [0.15, 0.2) is 63.3 Å². The molecular weight excluding hydrogens is 304 g/mol. The van der Waals surface area contributed by atoms with Gasteiger partial charge < -0.3 is 9.73 Å². The van der Waals surface area contributed by atoms with Crippen LogP contribution in [0.4, 0.5) is 5.69 Å². The third-order valence-corrected chi connectivity index (χ3v) is 3.86. The Morgan fingerprint density at radius 2 is 1.96 bits per heavy atom. The van der Waals surface area contributed by atoms with E-state index >= 15 is 0 Å². The van der Waals surface area contributed by atoms with Crippen LogP contribution in [0.2, 0.25) is 0 Å². The molecule has 5 nitrogen and oxygen atoms in total. The number of hydrogen-bond donors (Lipinski definition) is 1. The maximum absolute atomic E-state index is 12.5. The number of aromatic nitrogens is 1. The molecule has 0 unspecified atom stereocenters. The normalized spacial score (nSPS) is 11.7. The SMILES string of the molecule is CC/C(=C\c1ccccc1)C(=O)Nc1ccc2oc(=O)n(C)c2c1. The lowest BCUT2D eigenvalue weighted by molar-refractivity contribution is -0.112. The van der Waals surface area contributed by atoms with Gasteiger partial charge >= 0.3 is 5.76 Å². The molecule has 0 aliphatic rings. The summed E-state index contributed by atoms with van der Waals surface area (Å²) >= 11 is 0. The first-order valence-electron chi connectivity index (χ1n) is 7.75. The minimum Gasteiger partial charge on any atom is -0.408 e. The smallest absolute Gasteiger partial charge is 0.408 e. The molecule has 3 rings (SSSR count). The average Bonchev–Trinajstić information content (AvgIpc) is 2.88. The quantitative estimate of drug-likeness (QED) is 0.747. The molecule has 0 fully saturated rings. The van der Waals surface area contributed by atoms with Crippen molar-refractivity contribution in [3.05, 3.63) is 70.2 Å². The van der Waals surface area contributed by atoms with Crippen molar-refractivity contribution in [3.8, 4) is 0 Å². The minimum atomic E-state index is -0.424. The van der Waals surface area contributed by atoms with Gasteiger partial charge in [-0.15, -0.1) is 0 Å². The van der Waals surface area contributed by atoms with Crippen LogP contribution in [-0.2, 0) is 11.8 Å². The number of carbonyl (C=O) groups is 1. The summed E-state index contributed by atoms with van der Waals surface area (Å²) in [6.45, 7) is 1.94. The number of aryl methyl sites for hydroxylation is 1. The van der Waals surface area contributed by atoms with E-state index in [0.29, 0.717) is 28.8 Å². The Morgan fingerprint density at radius 3 is 2.67 bits per heavy atom. The molecule has 0 bridgehead atoms. The fourth-order valence-corrected chi connectivity index (χ4v) is 2.49. The van der Waals surface area contributed by atoms with E-state index in [-0.39, 0.29) is 5.91 Å². The third-order valence-electron chi connectivity index (χ3n) is 3.86. The van der Waals surface area contributed by atoms with Gasteiger partial charge in [0.1, 0.15) is 0 Å². The largest absolute Gasteiger partial charge is 0.419 e. The lowest BCUT2D eigenvalue weighted by Gasteiger charge is -2.08. The van der Waals surface area contributed by atoms with Gasteiger partial charge in [-0.1, -0.05) is 37.3 Å². The fraction of sp³-hybridized carbons (Fsp3) is 0.158. The number of hydrogen-bond acceptors (Lipinski definition) is 3. The van der Waals surface area contributed by atoms with Gasteiger partial charge in [-0.25, -0.2) is 4.79 Å². The Hall–Kier alpha value is -3.08. The monoisotopic (exact) mass is 322 g/mol. The van der Waals surface area contributed by atoms with Crippen LogP contribution < -0.4 is 11.1 Å². The predicted octanol–water partition coefficient (Wildman–Crippen LogP) is 3.56. The highest BCUT2D eigenvalue weighted by atomic mass is 16.4. The van der Waals surface area contributed by atoms with E-state index in [9.17, 15) is 9.59 Å². The predicted molar refractivity (Wildman–Crippen MR) is 94.8 cm³/mol. The number of nitrogens with one attached hydrogen (secondary N) is 1. The first-order chi connectivity index (χ1) is 11.6. The summed E-state index contributed by atoms with van der Waals surface area (Å²) in [7, 11) is 1.63. The second-order valence-corrected chi connectivity index (χ2v) is 5.50. The van der Waals surface area contributed by atoms with E-state index in [1.165, 1.54) is 4.57 Å². The molecule has 24 heavy (non-hydrogen) atoms. The van der Waals surface area contributed by atoms with Crippen LogP contribution in [0.1, 0.15) is 18.9 Å². The maximum Gasteiger partial charge on any atom is 0.419 e. The Bertz CT molecular complexity index is 965. The summed E-state index contributed by atoms with van der Waals surface area (Å²) in [5, 5.41) is 2.88. The van der Waals surface area contributed by atoms with Crippen molar-refractivity contribution in [3.63, 3.8) is 0 Å². The molecule has 1 amide bonds. The lowest BCUT2D eigenvalue weighted by atomic mass is 10.1. The standard InChI is InChI=1S/C19H18N2O3/c1-3-14(11-13-7-5-4-6-8-13)18(22)20-15-9-10-17-16(12-15)21(2)19(23)24-17/h4-12H,3H2,1-2H3,(H,20,22)/b14-11+. The summed E-state index contributed by atoms with van der Waals surface area (Å²) < 4.78 is 6.50. The average molecular weight is 322 g/mol. The molecule has 3 aromatic rings. The maximum atomic E-state index is 12.5. The van der Waals surface area contributed by atoms with Crippen LogP contribution in [0.5, 0.6) is 0 Å². The van der Waals surface area contributed by atoms with Crippen molar-refractivity contribution in [1.82, 2.24) is 4.57 Å². The molecule has 0 aliphatic heterocycles. The van der Waals surface area contributed by atoms with E-state index in [1.807, 2.05) is 43.3 Å². The van der Waals surface area contributed by atoms with Gasteiger partial charge in [-0.05, 0) is 36.3 Å². The second-order valence-electron chi connectivity index (χ2n) is 5.50. The van der Waals surface area contributed by atoms with Gasteiger partial charge in [-0.3, -0.25) is 9.36 Å². The highest BCUT2D eigenvalue weighted by molar-refractivity contribution is 6.07. The molecule has 0 spiro atoms. The fourth-order valence-electron chi connectivity index (χ4n) is 2.49. The van der Waals surface area contributed by atoms with E-state index in [4.69, 9.17) is 4.42 Å². The summed E-state index contributed by atoms with van der Waals surface area (Å²) in [6.07, 6.45) is 2.49. The molecule has 1 aromatic heterocycles. The first kappa shape index (κ1) is 15.8. The van der Waals surface area contributed by atoms with Crippen molar-refractivity contribution in [2.45, 2.75) is 13.3 Å². The highest BCUT2D eigenvalue weighted by Gasteiger charge is 2.11. The molecule has 1 N–H and O–H groups in total. The summed E-state index contributed by atoms with van der Waals surface area (Å²) in [5.74, 6) is -0.583. The molecule has 5 heteroatoms. The summed E-state index contributed by atoms with van der Waals surface area (Å²) in [6, 6.07) is 14.8. The van der Waals surface area contributed by atoms with Crippen molar-refractivity contribution in [2.75, 3.05) is 5.32 Å². The Balaban J connectivity index is 1.86. The number of anilines is 1. The molecule has 1 heterocycles. The van der Waals surface area contributed by atoms with E-state index in [0.717, 1.165) is 5.56 Å². The van der Waals surface area contributed by atoms with Gasteiger partial charge in [0.05, 0.1) is 5.52 Å². The van der Waals surface area contributed by atoms with Gasteiger partial charge in [0.2, 0.25) is 0 Å². The Labute approximate surface area is 139 Å². The number of fused-ring (bicyclic) bond motifs is 1. The molecule has 0 atom stereocenters. The van der Waals surface area contributed by atoms with Gasteiger partial charge in [-0.2, -0.15) is 0 Å². The third kappa shape index (κ3) is 3.15. The van der Waals surface area contributed by atoms with Crippen molar-refractivity contribution in [2.24, 2.45) is 7.05 Å². The minimum absolute atomic E-state index is 0.158. The zero-order valence-electron chi connectivity index (χ0n) is 13.6. The van der Waals surface area contributed by atoms with Crippen molar-refractivity contribution in [1.29, 1.82) is 0 Å². The molecule has 0 aliphatic carbocycles. The highest BCUT2D eigenvalue weighted by Crippen LogP contribution is 2.19. The van der Waals surface area contributed by atoms with E-state index in [2.05, 4.69) is 5.32 Å². The van der Waals surface area contributed by atoms with Crippen LogP contribution >= 0.6 is 0 Å². The number of nitrogens with zero attached hydrogens (tertiary/aromatic N) is 1. The number of carbonyl (C=O) groups excluding carboxylic acids is 1. The topological polar surface area (TPSA) is 64.2 Å². The van der Waals surface area contributed by atoms with E-state index in [1.54, 1.807) is 25.2 Å². The van der Waals surface area contributed by atoms with Gasteiger partial charge in [0.15, 0.2) is 5.58 Å². The molecular formula is C19H18N2O3. The van der Waals surface area contributed by atoms with Crippen molar-refractivity contribution >= 4 is 28.8 Å². The first-order valence-corrected chi connectivity index (χ1v) is 7.75. The summed E-state index contributed by atoms with van der Waals surface area (Å²) in [5.41, 5.74) is 3.43. The van der Waals surface area contributed by atoms with Gasteiger partial charge in [0.25, 0.3) is 5.91 Å². The molecule has 0 saturated carbocycles. The van der Waals surface area contributed by atoms with Crippen LogP contribution in [0, 0.1) is 0 Å². The number of amides is 1. The number of rotatable bonds is 4. The lowest BCUT2D eigenvalue weighted by Crippen LogP contribution is -2.14. The zero-order valence-corrected chi connectivity index (χ0v) is 13.6. The van der Waals surface area contributed by atoms with Crippen LogP contribution in [0.3, 0.4) is 0 Å². The van der Waals surface area contributed by atoms with Gasteiger partial charge in [0, 0.05) is 18.3 Å².